The maximum Gasteiger partial charge on any atom is 0.230 e. The van der Waals surface area contributed by atoms with Crippen LogP contribution in [-0.4, -0.2) is 30.9 Å². The van der Waals surface area contributed by atoms with Crippen LogP contribution >= 0.6 is 0 Å². The normalized spacial score (nSPS) is 14.0. The Balaban J connectivity index is 2.96. The van der Waals surface area contributed by atoms with E-state index in [2.05, 4.69) is 13.8 Å². The first-order valence-corrected chi connectivity index (χ1v) is 6.61. The zero-order valence-corrected chi connectivity index (χ0v) is 11.6. The van der Waals surface area contributed by atoms with E-state index in [-0.39, 0.29) is 11.8 Å². The van der Waals surface area contributed by atoms with Crippen molar-refractivity contribution in [1.82, 2.24) is 4.90 Å². The topological polar surface area (TPSA) is 46.3 Å². The van der Waals surface area contributed by atoms with E-state index in [0.29, 0.717) is 19.0 Å². The lowest BCUT2D eigenvalue weighted by atomic mass is 9.84. The Morgan fingerprint density at radius 3 is 2.44 bits per heavy atom. The van der Waals surface area contributed by atoms with Crippen molar-refractivity contribution < 1.29 is 4.79 Å². The third-order valence-electron chi connectivity index (χ3n) is 3.48. The predicted molar refractivity (Wildman–Crippen MR) is 75.3 cm³/mol. The number of rotatable bonds is 6. The van der Waals surface area contributed by atoms with Gasteiger partial charge in [-0.3, -0.25) is 4.79 Å². The molecule has 0 aliphatic carbocycles. The number of hydrogen-bond donors (Lipinski definition) is 1. The van der Waals surface area contributed by atoms with E-state index in [0.717, 1.165) is 12.0 Å². The van der Waals surface area contributed by atoms with Crippen molar-refractivity contribution in [3.63, 3.8) is 0 Å². The highest BCUT2D eigenvalue weighted by Gasteiger charge is 2.27. The summed E-state index contributed by atoms with van der Waals surface area (Å²) in [5.74, 6) is 0.439. The summed E-state index contributed by atoms with van der Waals surface area (Å²) in [4.78, 5) is 14.2. The summed E-state index contributed by atoms with van der Waals surface area (Å²) >= 11 is 0. The fourth-order valence-electron chi connectivity index (χ4n) is 2.15. The van der Waals surface area contributed by atoms with Crippen molar-refractivity contribution in [3.05, 3.63) is 35.9 Å². The Bertz CT molecular complexity index is 364. The van der Waals surface area contributed by atoms with Gasteiger partial charge < -0.3 is 10.6 Å². The van der Waals surface area contributed by atoms with E-state index in [4.69, 9.17) is 5.73 Å². The minimum absolute atomic E-state index is 0.0623. The van der Waals surface area contributed by atoms with Gasteiger partial charge in [0.1, 0.15) is 0 Å². The molecule has 1 aromatic rings. The summed E-state index contributed by atoms with van der Waals surface area (Å²) in [6, 6.07) is 10.0. The van der Waals surface area contributed by atoms with Crippen LogP contribution in [-0.2, 0) is 4.79 Å². The second-order valence-corrected chi connectivity index (χ2v) is 4.82. The molecular formula is C15H24N2O. The van der Waals surface area contributed by atoms with E-state index in [1.807, 2.05) is 37.4 Å². The monoisotopic (exact) mass is 248 g/mol. The number of carbonyl (C=O) groups excluding carboxylic acids is 1. The second-order valence-electron chi connectivity index (χ2n) is 4.82. The highest BCUT2D eigenvalue weighted by molar-refractivity contribution is 5.83. The molecule has 0 saturated heterocycles. The molecule has 2 N–H and O–H groups in total. The largest absolute Gasteiger partial charge is 0.344 e. The summed E-state index contributed by atoms with van der Waals surface area (Å²) in [5, 5.41) is 0. The van der Waals surface area contributed by atoms with Crippen molar-refractivity contribution in [3.8, 4) is 0 Å². The van der Waals surface area contributed by atoms with Gasteiger partial charge in [-0.1, -0.05) is 50.6 Å². The maximum atomic E-state index is 12.5. The van der Waals surface area contributed by atoms with E-state index in [1.165, 1.54) is 0 Å². The average Bonchev–Trinajstić information content (AvgIpc) is 2.40. The van der Waals surface area contributed by atoms with Gasteiger partial charge in [0.05, 0.1) is 5.92 Å². The van der Waals surface area contributed by atoms with Gasteiger partial charge in [-0.25, -0.2) is 0 Å². The Hall–Kier alpha value is -1.35. The van der Waals surface area contributed by atoms with Gasteiger partial charge in [0.15, 0.2) is 0 Å². The summed E-state index contributed by atoms with van der Waals surface area (Å²) < 4.78 is 0. The molecule has 1 rings (SSSR count). The molecule has 0 heterocycles. The number of carbonyl (C=O) groups is 1. The van der Waals surface area contributed by atoms with Crippen molar-refractivity contribution in [2.75, 3.05) is 20.1 Å². The Labute approximate surface area is 110 Å². The maximum absolute atomic E-state index is 12.5. The van der Waals surface area contributed by atoms with Crippen LogP contribution in [0, 0.1) is 5.92 Å². The van der Waals surface area contributed by atoms with E-state index < -0.39 is 0 Å². The highest BCUT2D eigenvalue weighted by Crippen LogP contribution is 2.28. The molecule has 0 radical (unpaired) electrons. The first-order chi connectivity index (χ1) is 8.61. The van der Waals surface area contributed by atoms with Gasteiger partial charge in [0.2, 0.25) is 5.91 Å². The van der Waals surface area contributed by atoms with Crippen LogP contribution < -0.4 is 5.73 Å². The van der Waals surface area contributed by atoms with Gasteiger partial charge in [0, 0.05) is 20.1 Å². The molecule has 2 unspecified atom stereocenters. The molecule has 100 valence electrons. The third kappa shape index (κ3) is 3.57. The van der Waals surface area contributed by atoms with Crippen LogP contribution in [0.4, 0.5) is 0 Å². The van der Waals surface area contributed by atoms with Crippen molar-refractivity contribution in [2.24, 2.45) is 11.7 Å². The van der Waals surface area contributed by atoms with Crippen LogP contribution in [0.1, 0.15) is 31.7 Å². The molecule has 0 bridgehead atoms. The molecular weight excluding hydrogens is 224 g/mol. The van der Waals surface area contributed by atoms with Crippen molar-refractivity contribution in [1.29, 1.82) is 0 Å². The van der Waals surface area contributed by atoms with Gasteiger partial charge in [-0.05, 0) is 11.5 Å². The molecule has 3 nitrogen and oxygen atoms in total. The SMILES string of the molecule is CCC(C)C(C(=O)N(C)CCN)c1ccccc1. The molecule has 0 fully saturated rings. The summed E-state index contributed by atoms with van der Waals surface area (Å²) in [6.07, 6.45) is 0.988. The second kappa shape index (κ2) is 7.17. The number of amides is 1. The van der Waals surface area contributed by atoms with Crippen LogP contribution in [0.3, 0.4) is 0 Å². The number of hydrogen-bond acceptors (Lipinski definition) is 2. The Morgan fingerprint density at radius 2 is 1.94 bits per heavy atom. The summed E-state index contributed by atoms with van der Waals surface area (Å²) in [6.45, 7) is 5.37. The number of benzene rings is 1. The van der Waals surface area contributed by atoms with E-state index in [9.17, 15) is 4.79 Å². The van der Waals surface area contributed by atoms with Crippen LogP contribution in [0.15, 0.2) is 30.3 Å². The Morgan fingerprint density at radius 1 is 1.33 bits per heavy atom. The van der Waals surface area contributed by atoms with Gasteiger partial charge in [-0.15, -0.1) is 0 Å². The fourth-order valence-corrected chi connectivity index (χ4v) is 2.15. The van der Waals surface area contributed by atoms with Crippen LogP contribution in [0.2, 0.25) is 0 Å². The number of nitrogens with zero attached hydrogens (tertiary/aromatic N) is 1. The molecule has 1 amide bonds. The van der Waals surface area contributed by atoms with E-state index in [1.54, 1.807) is 4.90 Å². The fraction of sp³-hybridized carbons (Fsp3) is 0.533. The molecule has 0 aliphatic rings. The number of likely N-dealkylation sites (N-methyl/N-ethyl adjacent to an activating group) is 1. The van der Waals surface area contributed by atoms with Crippen molar-refractivity contribution >= 4 is 5.91 Å². The van der Waals surface area contributed by atoms with Crippen molar-refractivity contribution in [2.45, 2.75) is 26.2 Å². The van der Waals surface area contributed by atoms with Gasteiger partial charge in [-0.2, -0.15) is 0 Å². The lowest BCUT2D eigenvalue weighted by molar-refractivity contribution is -0.132. The summed E-state index contributed by atoms with van der Waals surface area (Å²) in [7, 11) is 1.83. The molecule has 0 aliphatic heterocycles. The molecule has 2 atom stereocenters. The minimum atomic E-state index is -0.0623. The summed E-state index contributed by atoms with van der Waals surface area (Å²) in [5.41, 5.74) is 6.62. The predicted octanol–water partition coefficient (Wildman–Crippen LogP) is 2.23. The van der Waals surface area contributed by atoms with Crippen LogP contribution in [0.25, 0.3) is 0 Å². The molecule has 0 aromatic heterocycles. The Kier molecular flexibility index (Phi) is 5.86. The molecule has 0 saturated carbocycles. The average molecular weight is 248 g/mol. The minimum Gasteiger partial charge on any atom is -0.344 e. The molecule has 0 spiro atoms. The standard InChI is InChI=1S/C15H24N2O/c1-4-12(2)14(13-8-6-5-7-9-13)15(18)17(3)11-10-16/h5-9,12,14H,4,10-11,16H2,1-3H3. The zero-order valence-electron chi connectivity index (χ0n) is 11.6. The molecule has 18 heavy (non-hydrogen) atoms. The first kappa shape index (κ1) is 14.7. The zero-order chi connectivity index (χ0) is 13.5. The molecule has 1 aromatic carbocycles. The quantitative estimate of drug-likeness (QED) is 0.839. The van der Waals surface area contributed by atoms with Gasteiger partial charge >= 0.3 is 0 Å². The number of nitrogens with two attached hydrogens (primary N) is 1. The lowest BCUT2D eigenvalue weighted by Gasteiger charge is -2.27. The first-order valence-electron chi connectivity index (χ1n) is 6.61. The van der Waals surface area contributed by atoms with E-state index >= 15 is 0 Å². The molecule has 3 heteroatoms. The third-order valence-corrected chi connectivity index (χ3v) is 3.48. The highest BCUT2D eigenvalue weighted by atomic mass is 16.2. The lowest BCUT2D eigenvalue weighted by Crippen LogP contribution is -2.37. The van der Waals surface area contributed by atoms with Crippen LogP contribution in [0.5, 0.6) is 0 Å². The smallest absolute Gasteiger partial charge is 0.230 e. The van der Waals surface area contributed by atoms with Gasteiger partial charge in [0.25, 0.3) is 0 Å².